The summed E-state index contributed by atoms with van der Waals surface area (Å²) in [4.78, 5) is 14.7. The van der Waals surface area contributed by atoms with Crippen LogP contribution in [0.1, 0.15) is 15.9 Å². The lowest BCUT2D eigenvalue weighted by atomic mass is 10.1. The van der Waals surface area contributed by atoms with Crippen LogP contribution >= 0.6 is 0 Å². The molecular weight excluding hydrogens is 428 g/mol. The fourth-order valence-corrected chi connectivity index (χ4v) is 4.91. The molecule has 32 heavy (non-hydrogen) atoms. The molecule has 0 radical (unpaired) electrons. The van der Waals surface area contributed by atoms with Gasteiger partial charge in [-0.15, -0.1) is 0 Å². The smallest absolute Gasteiger partial charge is 0.264 e. The van der Waals surface area contributed by atoms with Gasteiger partial charge in [-0.3, -0.25) is 9.10 Å². The number of carbonyl (C=O) groups is 1. The molecule has 0 saturated carbocycles. The minimum absolute atomic E-state index is 0.0367. The molecule has 1 amide bonds. The third-order valence-corrected chi connectivity index (χ3v) is 7.09. The molecule has 0 spiro atoms. The first-order chi connectivity index (χ1) is 15.4. The number of hydrogen-bond donors (Lipinski definition) is 0. The van der Waals surface area contributed by atoms with Gasteiger partial charge in [-0.1, -0.05) is 36.4 Å². The number of anilines is 1. The maximum atomic E-state index is 13.3. The summed E-state index contributed by atoms with van der Waals surface area (Å²) in [6.45, 7) is 1.27. The minimum atomic E-state index is -3.94. The summed E-state index contributed by atoms with van der Waals surface area (Å²) in [5.41, 5.74) is 1.49. The van der Waals surface area contributed by atoms with Gasteiger partial charge in [0, 0.05) is 20.6 Å². The molecule has 0 aliphatic carbocycles. The van der Waals surface area contributed by atoms with Crippen molar-refractivity contribution in [2.75, 3.05) is 31.6 Å². The molecule has 7 nitrogen and oxygen atoms in total. The maximum Gasteiger partial charge on any atom is 0.264 e. The topological polar surface area (TPSA) is 76.1 Å². The standard InChI is InChI=1S/C24H24N2O5S/c1-25(17-18-12-13-21-22(16-18)31-15-14-30-21)24(27)20-10-6-7-11-23(20)32(28,29)26(2)19-8-4-3-5-9-19/h3-13,16H,14-15,17H2,1-2H3. The van der Waals surface area contributed by atoms with E-state index in [9.17, 15) is 13.2 Å². The van der Waals surface area contributed by atoms with Crippen molar-refractivity contribution in [3.8, 4) is 11.5 Å². The van der Waals surface area contributed by atoms with E-state index in [0.717, 1.165) is 5.56 Å². The first kappa shape index (κ1) is 21.7. The van der Waals surface area contributed by atoms with Crippen LogP contribution < -0.4 is 13.8 Å². The first-order valence-corrected chi connectivity index (χ1v) is 11.6. The van der Waals surface area contributed by atoms with Gasteiger partial charge >= 0.3 is 0 Å². The highest BCUT2D eigenvalue weighted by Gasteiger charge is 2.28. The van der Waals surface area contributed by atoms with Gasteiger partial charge in [0.2, 0.25) is 0 Å². The Balaban J connectivity index is 1.60. The Morgan fingerprint density at radius 1 is 0.875 bits per heavy atom. The zero-order chi connectivity index (χ0) is 22.7. The maximum absolute atomic E-state index is 13.3. The van der Waals surface area contributed by atoms with E-state index in [-0.39, 0.29) is 16.4 Å². The Hall–Kier alpha value is -3.52. The van der Waals surface area contributed by atoms with Gasteiger partial charge in [-0.25, -0.2) is 8.42 Å². The normalized spacial score (nSPS) is 12.8. The van der Waals surface area contributed by atoms with Crippen LogP contribution in [0.4, 0.5) is 5.69 Å². The summed E-state index contributed by atoms with van der Waals surface area (Å²) in [6, 6.07) is 20.5. The van der Waals surface area contributed by atoms with E-state index in [1.54, 1.807) is 43.4 Å². The van der Waals surface area contributed by atoms with E-state index >= 15 is 0 Å². The second-order valence-corrected chi connectivity index (χ2v) is 9.38. The molecule has 1 aliphatic rings. The molecule has 4 rings (SSSR count). The molecule has 0 fully saturated rings. The van der Waals surface area contributed by atoms with Crippen LogP contribution in [-0.2, 0) is 16.6 Å². The lowest BCUT2D eigenvalue weighted by Crippen LogP contribution is -2.31. The van der Waals surface area contributed by atoms with Gasteiger partial charge in [-0.2, -0.15) is 0 Å². The largest absolute Gasteiger partial charge is 0.486 e. The number of nitrogens with zero attached hydrogens (tertiary/aromatic N) is 2. The molecule has 0 N–H and O–H groups in total. The second-order valence-electron chi connectivity index (χ2n) is 7.44. The van der Waals surface area contributed by atoms with Crippen molar-refractivity contribution in [3.63, 3.8) is 0 Å². The van der Waals surface area contributed by atoms with Crippen molar-refractivity contribution < 1.29 is 22.7 Å². The molecule has 166 valence electrons. The number of rotatable bonds is 6. The molecule has 0 aromatic heterocycles. The van der Waals surface area contributed by atoms with E-state index in [0.29, 0.717) is 36.9 Å². The summed E-state index contributed by atoms with van der Waals surface area (Å²) in [7, 11) is -0.818. The van der Waals surface area contributed by atoms with Crippen LogP contribution in [0, 0.1) is 0 Å². The third-order valence-electron chi connectivity index (χ3n) is 5.25. The fourth-order valence-electron chi connectivity index (χ4n) is 3.53. The molecule has 8 heteroatoms. The van der Waals surface area contributed by atoms with Crippen LogP contribution in [0.3, 0.4) is 0 Å². The van der Waals surface area contributed by atoms with Gasteiger partial charge in [0.05, 0.1) is 11.3 Å². The predicted molar refractivity (Wildman–Crippen MR) is 122 cm³/mol. The third kappa shape index (κ3) is 4.27. The number of para-hydroxylation sites is 1. The highest BCUT2D eigenvalue weighted by Crippen LogP contribution is 2.31. The Bertz CT molecular complexity index is 1230. The number of fused-ring (bicyclic) bond motifs is 1. The van der Waals surface area contributed by atoms with Gasteiger partial charge < -0.3 is 14.4 Å². The Labute approximate surface area is 187 Å². The molecule has 0 unspecified atom stereocenters. The van der Waals surface area contributed by atoms with Crippen LogP contribution in [0.5, 0.6) is 11.5 Å². The van der Waals surface area contributed by atoms with Crippen LogP contribution in [0.25, 0.3) is 0 Å². The molecular formula is C24H24N2O5S. The number of amides is 1. The SMILES string of the molecule is CN(Cc1ccc2c(c1)OCCO2)C(=O)c1ccccc1S(=O)(=O)N(C)c1ccccc1. The van der Waals surface area contributed by atoms with Crippen molar-refractivity contribution in [2.24, 2.45) is 0 Å². The molecule has 3 aromatic carbocycles. The monoisotopic (exact) mass is 452 g/mol. The quantitative estimate of drug-likeness (QED) is 0.572. The van der Waals surface area contributed by atoms with E-state index in [2.05, 4.69) is 0 Å². The van der Waals surface area contributed by atoms with Crippen molar-refractivity contribution in [1.82, 2.24) is 4.90 Å². The molecule has 1 aliphatic heterocycles. The van der Waals surface area contributed by atoms with E-state index < -0.39 is 10.0 Å². The van der Waals surface area contributed by atoms with Crippen LogP contribution in [-0.4, -0.2) is 46.5 Å². The molecule has 0 bridgehead atoms. The average Bonchev–Trinajstić information content (AvgIpc) is 2.83. The highest BCUT2D eigenvalue weighted by molar-refractivity contribution is 7.92. The van der Waals surface area contributed by atoms with Crippen LogP contribution in [0.2, 0.25) is 0 Å². The fraction of sp³-hybridized carbons (Fsp3) is 0.208. The lowest BCUT2D eigenvalue weighted by Gasteiger charge is -2.24. The average molecular weight is 453 g/mol. The predicted octanol–water partition coefficient (Wildman–Crippen LogP) is 3.56. The number of carbonyl (C=O) groups excluding carboxylic acids is 1. The van der Waals surface area contributed by atoms with E-state index in [1.807, 2.05) is 24.3 Å². The Kier molecular flexibility index (Phi) is 6.05. The van der Waals surface area contributed by atoms with Gasteiger partial charge in [-0.05, 0) is 42.0 Å². The zero-order valence-electron chi connectivity index (χ0n) is 17.9. The summed E-state index contributed by atoms with van der Waals surface area (Å²) in [5.74, 6) is 0.928. The van der Waals surface area contributed by atoms with Crippen molar-refractivity contribution in [1.29, 1.82) is 0 Å². The minimum Gasteiger partial charge on any atom is -0.486 e. The number of ether oxygens (including phenoxy) is 2. The second kappa shape index (κ2) is 8.92. The Morgan fingerprint density at radius 3 is 2.28 bits per heavy atom. The summed E-state index contributed by atoms with van der Waals surface area (Å²) >= 11 is 0. The van der Waals surface area contributed by atoms with Crippen molar-refractivity contribution in [2.45, 2.75) is 11.4 Å². The van der Waals surface area contributed by atoms with Gasteiger partial charge in [0.15, 0.2) is 11.5 Å². The first-order valence-electron chi connectivity index (χ1n) is 10.1. The lowest BCUT2D eigenvalue weighted by molar-refractivity contribution is 0.0781. The van der Waals surface area contributed by atoms with Crippen molar-refractivity contribution >= 4 is 21.6 Å². The number of sulfonamides is 1. The molecule has 0 atom stereocenters. The zero-order valence-corrected chi connectivity index (χ0v) is 18.7. The summed E-state index contributed by atoms with van der Waals surface area (Å²) in [6.07, 6.45) is 0. The van der Waals surface area contributed by atoms with E-state index in [4.69, 9.17) is 9.47 Å². The highest BCUT2D eigenvalue weighted by atomic mass is 32.2. The van der Waals surface area contributed by atoms with Crippen molar-refractivity contribution in [3.05, 3.63) is 83.9 Å². The summed E-state index contributed by atoms with van der Waals surface area (Å²) in [5, 5.41) is 0. The van der Waals surface area contributed by atoms with Gasteiger partial charge in [0.25, 0.3) is 15.9 Å². The molecule has 3 aromatic rings. The Morgan fingerprint density at radius 2 is 1.53 bits per heavy atom. The number of benzene rings is 3. The molecule has 1 heterocycles. The summed E-state index contributed by atoms with van der Waals surface area (Å²) < 4.78 is 39.0. The molecule has 0 saturated heterocycles. The van der Waals surface area contributed by atoms with Crippen LogP contribution in [0.15, 0.2) is 77.7 Å². The number of hydrogen-bond acceptors (Lipinski definition) is 5. The van der Waals surface area contributed by atoms with Gasteiger partial charge in [0.1, 0.15) is 18.1 Å². The van der Waals surface area contributed by atoms with E-state index in [1.165, 1.54) is 28.4 Å².